The van der Waals surface area contributed by atoms with Gasteiger partial charge in [0.05, 0.1) is 12.7 Å². The zero-order chi connectivity index (χ0) is 20.9. The third-order valence-corrected chi connectivity index (χ3v) is 5.23. The molecular weight excluding hydrogens is 381 g/mol. The van der Waals surface area contributed by atoms with E-state index in [1.54, 1.807) is 24.3 Å². The van der Waals surface area contributed by atoms with Gasteiger partial charge in [0, 0.05) is 12.5 Å². The summed E-state index contributed by atoms with van der Waals surface area (Å²) >= 11 is 0. The number of alkyl carbamates (subject to hydrolysis) is 1. The Morgan fingerprint density at radius 2 is 1.67 bits per heavy atom. The van der Waals surface area contributed by atoms with E-state index in [-0.39, 0.29) is 24.9 Å². The van der Waals surface area contributed by atoms with Crippen molar-refractivity contribution in [3.05, 3.63) is 95.3 Å². The van der Waals surface area contributed by atoms with E-state index in [0.29, 0.717) is 11.3 Å². The fourth-order valence-electron chi connectivity index (χ4n) is 3.83. The molecule has 0 fully saturated rings. The van der Waals surface area contributed by atoms with Crippen LogP contribution in [0.15, 0.2) is 72.8 Å². The second kappa shape index (κ2) is 8.82. The minimum atomic E-state index is -0.512. The van der Waals surface area contributed by atoms with Gasteiger partial charge in [0.1, 0.15) is 18.2 Å². The van der Waals surface area contributed by atoms with Crippen LogP contribution in [0.3, 0.4) is 0 Å². The van der Waals surface area contributed by atoms with Crippen LogP contribution in [0.1, 0.15) is 22.6 Å². The van der Waals surface area contributed by atoms with Crippen LogP contribution in [-0.4, -0.2) is 26.4 Å². The highest BCUT2D eigenvalue weighted by Crippen LogP contribution is 2.44. The van der Waals surface area contributed by atoms with E-state index in [9.17, 15) is 9.18 Å². The molecule has 1 aliphatic rings. The number of rotatable bonds is 6. The first-order chi connectivity index (χ1) is 14.7. The molecule has 0 spiro atoms. The van der Waals surface area contributed by atoms with Crippen LogP contribution < -0.4 is 10.1 Å². The fraction of sp³-hybridized carbons (Fsp3) is 0.160. The molecule has 1 N–H and O–H groups in total. The lowest BCUT2D eigenvalue weighted by molar-refractivity contribution is 0.144. The third kappa shape index (κ3) is 3.92. The summed E-state index contributed by atoms with van der Waals surface area (Å²) in [6.45, 7) is 0.471. The lowest BCUT2D eigenvalue weighted by Gasteiger charge is -2.14. The van der Waals surface area contributed by atoms with Gasteiger partial charge >= 0.3 is 6.09 Å². The fourth-order valence-corrected chi connectivity index (χ4v) is 3.83. The molecule has 0 atom stereocenters. The minimum absolute atomic E-state index is 0.0152. The number of methoxy groups -OCH3 is 1. The number of hydrogen-bond acceptors (Lipinski definition) is 3. The van der Waals surface area contributed by atoms with Crippen LogP contribution in [-0.2, 0) is 4.74 Å². The molecule has 5 heteroatoms. The molecule has 30 heavy (non-hydrogen) atoms. The number of benzene rings is 3. The molecule has 0 saturated carbocycles. The van der Waals surface area contributed by atoms with E-state index in [4.69, 9.17) is 9.47 Å². The SMILES string of the molecule is COc1cccc(F)c1C=CCNC(=O)OCC1c2ccccc2-c2ccccc21. The highest BCUT2D eigenvalue weighted by atomic mass is 19.1. The van der Waals surface area contributed by atoms with Crippen molar-refractivity contribution in [3.63, 3.8) is 0 Å². The Morgan fingerprint density at radius 1 is 1.00 bits per heavy atom. The summed E-state index contributed by atoms with van der Waals surface area (Å²) in [5, 5.41) is 2.67. The quantitative estimate of drug-likeness (QED) is 0.601. The number of ether oxygens (including phenoxy) is 2. The van der Waals surface area contributed by atoms with Gasteiger partial charge in [-0.05, 0) is 34.4 Å². The largest absolute Gasteiger partial charge is 0.496 e. The number of halogens is 1. The topological polar surface area (TPSA) is 47.6 Å². The molecule has 0 aromatic heterocycles. The van der Waals surface area contributed by atoms with Crippen molar-refractivity contribution in [2.24, 2.45) is 0 Å². The van der Waals surface area contributed by atoms with Gasteiger partial charge in [-0.3, -0.25) is 0 Å². The van der Waals surface area contributed by atoms with Crippen LogP contribution in [0.5, 0.6) is 5.75 Å². The minimum Gasteiger partial charge on any atom is -0.496 e. The highest BCUT2D eigenvalue weighted by Gasteiger charge is 2.28. The lowest BCUT2D eigenvalue weighted by atomic mass is 9.98. The van der Waals surface area contributed by atoms with Gasteiger partial charge in [-0.1, -0.05) is 66.7 Å². The summed E-state index contributed by atoms with van der Waals surface area (Å²) in [6, 6.07) is 21.0. The molecule has 3 aromatic rings. The zero-order valence-electron chi connectivity index (χ0n) is 16.6. The van der Waals surface area contributed by atoms with Crippen LogP contribution in [0, 0.1) is 5.82 Å². The number of nitrogens with one attached hydrogen (secondary N) is 1. The maximum absolute atomic E-state index is 13.9. The molecule has 1 amide bonds. The van der Waals surface area contributed by atoms with Gasteiger partial charge in [0.15, 0.2) is 0 Å². The van der Waals surface area contributed by atoms with Crippen LogP contribution in [0.25, 0.3) is 17.2 Å². The summed E-state index contributed by atoms with van der Waals surface area (Å²) in [7, 11) is 1.49. The van der Waals surface area contributed by atoms with Crippen LogP contribution in [0.4, 0.5) is 9.18 Å². The summed E-state index contributed by atoms with van der Waals surface area (Å²) in [5.74, 6) is 0.0699. The molecule has 0 heterocycles. The van der Waals surface area contributed by atoms with E-state index < -0.39 is 6.09 Å². The maximum Gasteiger partial charge on any atom is 0.407 e. The van der Waals surface area contributed by atoms with Gasteiger partial charge in [0.2, 0.25) is 0 Å². The average molecular weight is 403 g/mol. The number of carbonyl (C=O) groups excluding carboxylic acids is 1. The van der Waals surface area contributed by atoms with Crippen molar-refractivity contribution in [1.82, 2.24) is 5.32 Å². The van der Waals surface area contributed by atoms with Gasteiger partial charge < -0.3 is 14.8 Å². The molecule has 3 aromatic carbocycles. The first kappa shape index (κ1) is 19.7. The Hall–Kier alpha value is -3.60. The lowest BCUT2D eigenvalue weighted by Crippen LogP contribution is -2.26. The highest BCUT2D eigenvalue weighted by molar-refractivity contribution is 5.79. The predicted octanol–water partition coefficient (Wildman–Crippen LogP) is 5.39. The summed E-state index contributed by atoms with van der Waals surface area (Å²) in [6.07, 6.45) is 2.72. The molecule has 4 nitrogen and oxygen atoms in total. The zero-order valence-corrected chi connectivity index (χ0v) is 16.6. The molecule has 0 unspecified atom stereocenters. The summed E-state index contributed by atoms with van der Waals surface area (Å²) in [4.78, 5) is 12.2. The van der Waals surface area contributed by atoms with E-state index in [2.05, 4.69) is 29.6 Å². The molecule has 0 bridgehead atoms. The number of carbonyl (C=O) groups is 1. The smallest absolute Gasteiger partial charge is 0.407 e. The molecule has 1 aliphatic carbocycles. The third-order valence-electron chi connectivity index (χ3n) is 5.23. The molecule has 152 valence electrons. The van der Waals surface area contributed by atoms with Crippen molar-refractivity contribution in [3.8, 4) is 16.9 Å². The van der Waals surface area contributed by atoms with Gasteiger partial charge in [-0.25, -0.2) is 9.18 Å². The monoisotopic (exact) mass is 403 g/mol. The molecule has 0 saturated heterocycles. The molecule has 4 rings (SSSR count). The van der Waals surface area contributed by atoms with Crippen molar-refractivity contribution in [2.45, 2.75) is 5.92 Å². The Balaban J connectivity index is 1.35. The molecular formula is C25H22FNO3. The van der Waals surface area contributed by atoms with E-state index >= 15 is 0 Å². The average Bonchev–Trinajstić information content (AvgIpc) is 3.10. The van der Waals surface area contributed by atoms with Crippen LogP contribution in [0.2, 0.25) is 0 Å². The van der Waals surface area contributed by atoms with E-state index in [1.165, 1.54) is 24.3 Å². The van der Waals surface area contributed by atoms with Gasteiger partial charge in [0.25, 0.3) is 0 Å². The molecule has 0 radical (unpaired) electrons. The van der Waals surface area contributed by atoms with Crippen molar-refractivity contribution >= 4 is 12.2 Å². The second-order valence-corrected chi connectivity index (χ2v) is 6.96. The first-order valence-corrected chi connectivity index (χ1v) is 9.77. The Labute approximate surface area is 175 Å². The maximum atomic E-state index is 13.9. The van der Waals surface area contributed by atoms with E-state index in [1.807, 2.05) is 24.3 Å². The normalized spacial score (nSPS) is 12.5. The second-order valence-electron chi connectivity index (χ2n) is 6.96. The Bertz CT molecular complexity index is 1050. The standard InChI is InChI=1S/C25H22FNO3/c1-29-24-14-6-13-23(26)21(24)12-7-15-27-25(28)30-16-22-19-10-4-2-8-17(19)18-9-3-5-11-20(18)22/h2-14,22H,15-16H2,1H3,(H,27,28). The van der Waals surface area contributed by atoms with Crippen molar-refractivity contribution < 1.29 is 18.7 Å². The Morgan fingerprint density at radius 3 is 2.33 bits per heavy atom. The summed E-state index contributed by atoms with van der Waals surface area (Å²) < 4.78 is 24.5. The summed E-state index contributed by atoms with van der Waals surface area (Å²) in [5.41, 5.74) is 5.04. The predicted molar refractivity (Wildman–Crippen MR) is 115 cm³/mol. The van der Waals surface area contributed by atoms with E-state index in [0.717, 1.165) is 11.1 Å². The molecule has 0 aliphatic heterocycles. The number of fused-ring (bicyclic) bond motifs is 3. The van der Waals surface area contributed by atoms with Gasteiger partial charge in [-0.2, -0.15) is 0 Å². The first-order valence-electron chi connectivity index (χ1n) is 9.77. The number of amides is 1. The Kier molecular flexibility index (Phi) is 5.80. The van der Waals surface area contributed by atoms with Crippen LogP contribution >= 0.6 is 0 Å². The van der Waals surface area contributed by atoms with Crippen molar-refractivity contribution in [1.29, 1.82) is 0 Å². The van der Waals surface area contributed by atoms with Gasteiger partial charge in [-0.15, -0.1) is 0 Å². The van der Waals surface area contributed by atoms with Crippen molar-refractivity contribution in [2.75, 3.05) is 20.3 Å². The number of hydrogen-bond donors (Lipinski definition) is 1.